The minimum atomic E-state index is -3.79. The van der Waals surface area contributed by atoms with Crippen LogP contribution in [0.1, 0.15) is 23.6 Å². The molecule has 6 nitrogen and oxygen atoms in total. The van der Waals surface area contributed by atoms with Crippen molar-refractivity contribution in [1.82, 2.24) is 0 Å². The van der Waals surface area contributed by atoms with Crippen molar-refractivity contribution in [2.45, 2.75) is 32.6 Å². The molecule has 2 aromatic carbocycles. The number of rotatable bonds is 5. The molecule has 0 saturated carbocycles. The van der Waals surface area contributed by atoms with Gasteiger partial charge in [0.1, 0.15) is 5.75 Å². The predicted molar refractivity (Wildman–Crippen MR) is 98.8 cm³/mol. The molecule has 2 N–H and O–H groups in total. The van der Waals surface area contributed by atoms with Gasteiger partial charge in [-0.25, -0.2) is 8.42 Å². The van der Waals surface area contributed by atoms with Gasteiger partial charge in [0.05, 0.1) is 23.4 Å². The standard InChI is InChI=1S/C18H22N2O4S/c1-11-8-12(2)18(13(3)9-11)20-25(22,23)15-6-7-16(19-14(4)21)17(10-15)24-5/h6-10,20H,1-5H3,(H,19,21). The zero-order valence-corrected chi connectivity index (χ0v) is 15.7. The van der Waals surface area contributed by atoms with E-state index in [4.69, 9.17) is 4.74 Å². The lowest BCUT2D eigenvalue weighted by atomic mass is 10.1. The highest BCUT2D eigenvalue weighted by Crippen LogP contribution is 2.30. The lowest BCUT2D eigenvalue weighted by Gasteiger charge is -2.16. The summed E-state index contributed by atoms with van der Waals surface area (Å²) in [6.45, 7) is 7.05. The molecule has 0 bridgehead atoms. The number of carbonyl (C=O) groups excluding carboxylic acids is 1. The predicted octanol–water partition coefficient (Wildman–Crippen LogP) is 3.38. The Balaban J connectivity index is 2.42. The molecule has 0 heterocycles. The summed E-state index contributed by atoms with van der Waals surface area (Å²) in [5.41, 5.74) is 3.75. The Morgan fingerprint density at radius 2 is 1.64 bits per heavy atom. The van der Waals surface area contributed by atoms with Crippen molar-refractivity contribution in [2.75, 3.05) is 17.1 Å². The monoisotopic (exact) mass is 362 g/mol. The van der Waals surface area contributed by atoms with Crippen molar-refractivity contribution in [3.05, 3.63) is 47.0 Å². The molecule has 0 aliphatic heterocycles. The fourth-order valence-electron chi connectivity index (χ4n) is 2.67. The Bertz CT molecular complexity index is 898. The first-order valence-corrected chi connectivity index (χ1v) is 9.18. The zero-order chi connectivity index (χ0) is 18.8. The number of hydrogen-bond acceptors (Lipinski definition) is 4. The Labute approximate surface area is 148 Å². The van der Waals surface area contributed by atoms with Crippen LogP contribution in [-0.4, -0.2) is 21.4 Å². The normalized spacial score (nSPS) is 11.1. The Morgan fingerprint density at radius 3 is 2.16 bits per heavy atom. The first-order valence-electron chi connectivity index (χ1n) is 7.70. The summed E-state index contributed by atoms with van der Waals surface area (Å²) in [6.07, 6.45) is 0. The second-order valence-corrected chi connectivity index (χ2v) is 7.60. The second kappa shape index (κ2) is 7.14. The van der Waals surface area contributed by atoms with Gasteiger partial charge < -0.3 is 10.1 Å². The third kappa shape index (κ3) is 4.30. The van der Waals surface area contributed by atoms with Crippen LogP contribution >= 0.6 is 0 Å². The van der Waals surface area contributed by atoms with Gasteiger partial charge in [0.15, 0.2) is 0 Å². The Hall–Kier alpha value is -2.54. The van der Waals surface area contributed by atoms with Gasteiger partial charge in [0.25, 0.3) is 10.0 Å². The number of hydrogen-bond donors (Lipinski definition) is 2. The number of amides is 1. The van der Waals surface area contributed by atoms with E-state index in [0.717, 1.165) is 16.7 Å². The van der Waals surface area contributed by atoms with Crippen molar-refractivity contribution in [2.24, 2.45) is 0 Å². The van der Waals surface area contributed by atoms with Crippen LogP contribution in [0.2, 0.25) is 0 Å². The SMILES string of the molecule is COc1cc(S(=O)(=O)Nc2c(C)cc(C)cc2C)ccc1NC(C)=O. The van der Waals surface area contributed by atoms with Gasteiger partial charge in [0.2, 0.25) is 5.91 Å². The molecule has 1 amide bonds. The second-order valence-electron chi connectivity index (χ2n) is 5.92. The third-order valence-electron chi connectivity index (χ3n) is 3.71. The van der Waals surface area contributed by atoms with Gasteiger partial charge in [-0.05, 0) is 44.0 Å². The van der Waals surface area contributed by atoms with E-state index in [1.165, 1.54) is 32.2 Å². The molecule has 2 rings (SSSR count). The van der Waals surface area contributed by atoms with Crippen molar-refractivity contribution < 1.29 is 17.9 Å². The molecule has 0 aromatic heterocycles. The highest BCUT2D eigenvalue weighted by molar-refractivity contribution is 7.92. The van der Waals surface area contributed by atoms with Crippen LogP contribution in [0.5, 0.6) is 5.75 Å². The number of sulfonamides is 1. The molecule has 0 radical (unpaired) electrons. The molecule has 7 heteroatoms. The first-order chi connectivity index (χ1) is 11.6. The summed E-state index contributed by atoms with van der Waals surface area (Å²) < 4.78 is 33.3. The molecule has 134 valence electrons. The fourth-order valence-corrected chi connectivity index (χ4v) is 3.88. The van der Waals surface area contributed by atoms with Gasteiger partial charge in [-0.2, -0.15) is 0 Å². The Kier molecular flexibility index (Phi) is 5.37. The van der Waals surface area contributed by atoms with Gasteiger partial charge in [0, 0.05) is 13.0 Å². The molecular formula is C18H22N2O4S. The number of nitrogens with one attached hydrogen (secondary N) is 2. The summed E-state index contributed by atoms with van der Waals surface area (Å²) >= 11 is 0. The van der Waals surface area contributed by atoms with E-state index in [2.05, 4.69) is 10.0 Å². The number of methoxy groups -OCH3 is 1. The van der Waals surface area contributed by atoms with Crippen molar-refractivity contribution >= 4 is 27.3 Å². The molecule has 0 fully saturated rings. The third-order valence-corrected chi connectivity index (χ3v) is 5.05. The van der Waals surface area contributed by atoms with Crippen LogP contribution in [0.15, 0.2) is 35.2 Å². The zero-order valence-electron chi connectivity index (χ0n) is 14.9. The molecule has 2 aromatic rings. The quantitative estimate of drug-likeness (QED) is 0.854. The van der Waals surface area contributed by atoms with E-state index in [1.807, 2.05) is 32.9 Å². The van der Waals surface area contributed by atoms with Crippen molar-refractivity contribution in [3.8, 4) is 5.75 Å². The van der Waals surface area contributed by atoms with E-state index in [-0.39, 0.29) is 16.6 Å². The van der Waals surface area contributed by atoms with Crippen LogP contribution in [0.3, 0.4) is 0 Å². The van der Waals surface area contributed by atoms with Gasteiger partial charge in [-0.3, -0.25) is 9.52 Å². The topological polar surface area (TPSA) is 84.5 Å². The average Bonchev–Trinajstić information content (AvgIpc) is 2.50. The highest BCUT2D eigenvalue weighted by atomic mass is 32.2. The molecule has 0 aliphatic carbocycles. The highest BCUT2D eigenvalue weighted by Gasteiger charge is 2.19. The van der Waals surface area contributed by atoms with Crippen LogP contribution in [0.4, 0.5) is 11.4 Å². The van der Waals surface area contributed by atoms with Crippen molar-refractivity contribution in [1.29, 1.82) is 0 Å². The number of benzene rings is 2. The summed E-state index contributed by atoms with van der Waals surface area (Å²) in [5, 5.41) is 2.60. The number of ether oxygens (including phenoxy) is 1. The minimum Gasteiger partial charge on any atom is -0.495 e. The van der Waals surface area contributed by atoms with Crippen LogP contribution in [-0.2, 0) is 14.8 Å². The van der Waals surface area contributed by atoms with E-state index in [0.29, 0.717) is 11.4 Å². The largest absolute Gasteiger partial charge is 0.495 e. The van der Waals surface area contributed by atoms with Gasteiger partial charge in [-0.1, -0.05) is 17.7 Å². The van der Waals surface area contributed by atoms with Crippen molar-refractivity contribution in [3.63, 3.8) is 0 Å². The number of carbonyl (C=O) groups is 1. The molecule has 25 heavy (non-hydrogen) atoms. The molecular weight excluding hydrogens is 340 g/mol. The van der Waals surface area contributed by atoms with E-state index in [9.17, 15) is 13.2 Å². The maximum Gasteiger partial charge on any atom is 0.262 e. The number of anilines is 2. The van der Waals surface area contributed by atoms with E-state index in [1.54, 1.807) is 0 Å². The first kappa shape index (κ1) is 18.8. The van der Waals surface area contributed by atoms with Crippen LogP contribution in [0.25, 0.3) is 0 Å². The average molecular weight is 362 g/mol. The maximum absolute atomic E-state index is 12.7. The number of aryl methyl sites for hydroxylation is 3. The fraction of sp³-hybridized carbons (Fsp3) is 0.278. The summed E-state index contributed by atoms with van der Waals surface area (Å²) in [7, 11) is -2.38. The lowest BCUT2D eigenvalue weighted by molar-refractivity contribution is -0.114. The summed E-state index contributed by atoms with van der Waals surface area (Å²) in [6, 6.07) is 8.15. The van der Waals surface area contributed by atoms with E-state index >= 15 is 0 Å². The molecule has 0 spiro atoms. The minimum absolute atomic E-state index is 0.0535. The van der Waals surface area contributed by atoms with E-state index < -0.39 is 10.0 Å². The molecule has 0 atom stereocenters. The van der Waals surface area contributed by atoms with Crippen LogP contribution in [0, 0.1) is 20.8 Å². The van der Waals surface area contributed by atoms with Crippen LogP contribution < -0.4 is 14.8 Å². The Morgan fingerprint density at radius 1 is 1.04 bits per heavy atom. The summed E-state index contributed by atoms with van der Waals surface area (Å²) in [4.78, 5) is 11.3. The molecule has 0 unspecified atom stereocenters. The van der Waals surface area contributed by atoms with Gasteiger partial charge >= 0.3 is 0 Å². The van der Waals surface area contributed by atoms with Gasteiger partial charge in [-0.15, -0.1) is 0 Å². The summed E-state index contributed by atoms with van der Waals surface area (Å²) in [5.74, 6) is 0.00774. The smallest absolute Gasteiger partial charge is 0.262 e. The maximum atomic E-state index is 12.7. The molecule has 0 saturated heterocycles. The molecule has 0 aliphatic rings. The lowest BCUT2D eigenvalue weighted by Crippen LogP contribution is -2.15.